The number of sulfone groups is 1. The van der Waals surface area contributed by atoms with Crippen LogP contribution in [0.4, 0.5) is 10.7 Å². The molecule has 7 nitrogen and oxygen atoms in total. The summed E-state index contributed by atoms with van der Waals surface area (Å²) in [6.07, 6.45) is 0. The fraction of sp³-hybridized carbons (Fsp3) is 0.211. The summed E-state index contributed by atoms with van der Waals surface area (Å²) in [7, 11) is -2.69. The highest BCUT2D eigenvalue weighted by Crippen LogP contribution is 2.44. The van der Waals surface area contributed by atoms with Crippen LogP contribution in [0.15, 0.2) is 41.3 Å². The van der Waals surface area contributed by atoms with Crippen molar-refractivity contribution in [3.8, 4) is 0 Å². The zero-order valence-electron chi connectivity index (χ0n) is 16.2. The summed E-state index contributed by atoms with van der Waals surface area (Å²) in [5, 5.41) is 1.60. The van der Waals surface area contributed by atoms with Gasteiger partial charge in [0, 0.05) is 9.72 Å². The molecule has 0 radical (unpaired) electrons. The van der Waals surface area contributed by atoms with Gasteiger partial charge in [-0.1, -0.05) is 18.5 Å². The van der Waals surface area contributed by atoms with Gasteiger partial charge in [0.15, 0.2) is 9.84 Å². The molecule has 0 aliphatic rings. The van der Waals surface area contributed by atoms with Crippen molar-refractivity contribution in [3.05, 3.63) is 52.5 Å². The quantitative estimate of drug-likeness (QED) is 0.378. The number of carbonyl (C=O) groups is 1. The summed E-state index contributed by atoms with van der Waals surface area (Å²) in [6, 6.07) is 8.95. The van der Waals surface area contributed by atoms with Gasteiger partial charge >= 0.3 is 5.97 Å². The van der Waals surface area contributed by atoms with Crippen molar-refractivity contribution in [1.29, 1.82) is 0 Å². The Morgan fingerprint density at radius 2 is 1.97 bits per heavy atom. The smallest absolute Gasteiger partial charge is 0.337 e. The van der Waals surface area contributed by atoms with E-state index in [9.17, 15) is 22.0 Å². The average molecular weight is 487 g/mol. The van der Waals surface area contributed by atoms with Gasteiger partial charge in [0.25, 0.3) is 0 Å². The zero-order chi connectivity index (χ0) is 22.2. The van der Waals surface area contributed by atoms with Crippen molar-refractivity contribution >= 4 is 70.8 Å². The number of nitrogens with zero attached hydrogens (tertiary/aromatic N) is 1. The lowest BCUT2D eigenvalue weighted by Gasteiger charge is -2.28. The lowest BCUT2D eigenvalue weighted by atomic mass is 10.1. The highest BCUT2D eigenvalue weighted by Gasteiger charge is 2.27. The molecular weight excluding hydrogens is 470 g/mol. The molecule has 3 aromatic rings. The number of halogens is 1. The second-order valence-corrected chi connectivity index (χ2v) is 10.8. The molecule has 160 valence electrons. The monoisotopic (exact) mass is 486 g/mol. The van der Waals surface area contributed by atoms with E-state index in [0.717, 1.165) is 20.5 Å². The fourth-order valence-corrected chi connectivity index (χ4v) is 6.29. The summed E-state index contributed by atoms with van der Waals surface area (Å²) < 4.78 is 56.4. The van der Waals surface area contributed by atoms with E-state index in [1.165, 1.54) is 37.5 Å². The van der Waals surface area contributed by atoms with Crippen LogP contribution >= 0.6 is 22.9 Å². The number of anilines is 2. The average Bonchev–Trinajstić information content (AvgIpc) is 3.03. The third-order valence-corrected chi connectivity index (χ3v) is 8.56. The lowest BCUT2D eigenvalue weighted by molar-refractivity contribution is 0.0600. The van der Waals surface area contributed by atoms with E-state index in [1.807, 2.05) is 0 Å². The molecule has 1 unspecified atom stereocenters. The van der Waals surface area contributed by atoms with Crippen LogP contribution in [0.2, 0.25) is 5.02 Å². The van der Waals surface area contributed by atoms with Gasteiger partial charge in [-0.15, -0.1) is 11.3 Å². The van der Waals surface area contributed by atoms with Crippen molar-refractivity contribution in [3.63, 3.8) is 0 Å². The third-order valence-electron chi connectivity index (χ3n) is 4.52. The van der Waals surface area contributed by atoms with E-state index in [0.29, 0.717) is 15.6 Å². The highest BCUT2D eigenvalue weighted by atomic mass is 35.5. The Kier molecular flexibility index (Phi) is 6.54. The minimum Gasteiger partial charge on any atom is -0.755 e. The molecule has 11 heteroatoms. The second-order valence-electron chi connectivity index (χ2n) is 6.26. The molecule has 0 amide bonds. The summed E-state index contributed by atoms with van der Waals surface area (Å²) >= 11 is 4.43. The first-order valence-electron chi connectivity index (χ1n) is 8.64. The molecule has 0 spiro atoms. The summed E-state index contributed by atoms with van der Waals surface area (Å²) in [5.74, 6) is -0.998. The Morgan fingerprint density at radius 1 is 1.27 bits per heavy atom. The zero-order valence-corrected chi connectivity index (χ0v) is 19.4. The first-order chi connectivity index (χ1) is 14.1. The number of benzene rings is 2. The van der Waals surface area contributed by atoms with Gasteiger partial charge in [-0.05, 0) is 54.3 Å². The van der Waals surface area contributed by atoms with E-state index < -0.39 is 27.1 Å². The molecule has 3 rings (SSSR count). The summed E-state index contributed by atoms with van der Waals surface area (Å²) in [4.78, 5) is 11.6. The number of aryl methyl sites for hydroxylation is 1. The molecule has 2 aromatic carbocycles. The summed E-state index contributed by atoms with van der Waals surface area (Å²) in [6.45, 7) is 3.18. The van der Waals surface area contributed by atoms with Gasteiger partial charge < -0.3 is 9.29 Å². The summed E-state index contributed by atoms with van der Waals surface area (Å²) in [5.41, 5.74) is 0.571. The Balaban J connectivity index is 2.31. The third kappa shape index (κ3) is 4.10. The number of hydrogen-bond donors (Lipinski definition) is 0. The Labute approximate surface area is 185 Å². The van der Waals surface area contributed by atoms with Crippen LogP contribution in [0.1, 0.15) is 22.8 Å². The molecule has 0 fully saturated rings. The molecular formula is C19H17ClNO6S3-. The molecule has 1 atom stereocenters. The van der Waals surface area contributed by atoms with Gasteiger partial charge in [-0.25, -0.2) is 13.2 Å². The molecule has 30 heavy (non-hydrogen) atoms. The number of thiophene rings is 1. The number of hydrogen-bond acceptors (Lipinski definition) is 7. The number of rotatable bonds is 6. The van der Waals surface area contributed by atoms with Crippen LogP contribution in [0.5, 0.6) is 0 Å². The maximum atomic E-state index is 12.8. The predicted octanol–water partition coefficient (Wildman–Crippen LogP) is 4.38. The Bertz CT molecular complexity index is 1270. The van der Waals surface area contributed by atoms with Crippen molar-refractivity contribution in [2.24, 2.45) is 0 Å². The van der Waals surface area contributed by atoms with Gasteiger partial charge in [-0.3, -0.25) is 8.51 Å². The van der Waals surface area contributed by atoms with Crippen molar-refractivity contribution in [2.45, 2.75) is 18.7 Å². The molecule has 0 saturated carbocycles. The minimum atomic E-state index is -3.87. The number of fused-ring (bicyclic) bond motifs is 1. The van der Waals surface area contributed by atoms with Crippen LogP contribution in [0, 0.1) is 6.92 Å². The maximum absolute atomic E-state index is 12.8. The molecule has 0 N–H and O–H groups in total. The topological polar surface area (TPSA) is 104 Å². The fourth-order valence-electron chi connectivity index (χ4n) is 2.96. The molecule has 1 aromatic heterocycles. The van der Waals surface area contributed by atoms with Crippen LogP contribution in [-0.4, -0.2) is 36.0 Å². The van der Waals surface area contributed by atoms with Crippen molar-refractivity contribution in [1.82, 2.24) is 0 Å². The number of carbonyl (C=O) groups excluding carboxylic acids is 1. The van der Waals surface area contributed by atoms with E-state index in [1.54, 1.807) is 25.1 Å². The Hall–Kier alpha value is -1.98. The molecule has 0 saturated heterocycles. The second kappa shape index (κ2) is 8.64. The lowest BCUT2D eigenvalue weighted by Crippen LogP contribution is -2.22. The van der Waals surface area contributed by atoms with Gasteiger partial charge in [0.1, 0.15) is 5.00 Å². The van der Waals surface area contributed by atoms with E-state index in [-0.39, 0.29) is 21.9 Å². The van der Waals surface area contributed by atoms with Crippen LogP contribution in [0.25, 0.3) is 10.1 Å². The SMILES string of the molecule is CCS(=O)(=O)c1cc(C(=O)OC)ccc1N(c1sc2ccc(Cl)cc2c1C)S(=O)[O-]. The predicted molar refractivity (Wildman–Crippen MR) is 118 cm³/mol. The van der Waals surface area contributed by atoms with E-state index in [2.05, 4.69) is 4.74 Å². The first kappa shape index (κ1) is 22.7. The molecule has 0 bridgehead atoms. The van der Waals surface area contributed by atoms with Crippen LogP contribution in [-0.2, 0) is 25.8 Å². The maximum Gasteiger partial charge on any atom is 0.337 e. The standard InChI is InChI=1S/C19H18ClNO6S3/c1-4-30(25,26)17-9-12(19(22)27-3)5-7-15(17)21(29(23)24)18-11(2)14-10-13(20)6-8-16(14)28-18/h5-10H,4H2,1-3H3,(H,23,24)/p-1. The normalized spacial score (nSPS) is 12.7. The molecule has 0 aliphatic carbocycles. The molecule has 1 heterocycles. The highest BCUT2D eigenvalue weighted by molar-refractivity contribution is 7.91. The van der Waals surface area contributed by atoms with E-state index in [4.69, 9.17) is 11.6 Å². The number of esters is 1. The van der Waals surface area contributed by atoms with Crippen LogP contribution in [0.3, 0.4) is 0 Å². The number of methoxy groups -OCH3 is 1. The minimum absolute atomic E-state index is 0.00440. The van der Waals surface area contributed by atoms with Gasteiger partial charge in [-0.2, -0.15) is 0 Å². The van der Waals surface area contributed by atoms with Crippen molar-refractivity contribution < 1.29 is 26.7 Å². The van der Waals surface area contributed by atoms with Gasteiger partial charge in [0.2, 0.25) is 0 Å². The Morgan fingerprint density at radius 3 is 2.57 bits per heavy atom. The van der Waals surface area contributed by atoms with Crippen molar-refractivity contribution in [2.75, 3.05) is 17.2 Å². The molecule has 0 aliphatic heterocycles. The van der Waals surface area contributed by atoms with Crippen LogP contribution < -0.4 is 4.31 Å². The largest absolute Gasteiger partial charge is 0.755 e. The number of ether oxygens (including phenoxy) is 1. The first-order valence-corrected chi connectivity index (χ1v) is 12.5. The van der Waals surface area contributed by atoms with E-state index >= 15 is 0 Å². The van der Waals surface area contributed by atoms with Gasteiger partial charge in [0.05, 0.1) is 40.3 Å².